The topological polar surface area (TPSA) is 59.5 Å². The van der Waals surface area contributed by atoms with Crippen molar-refractivity contribution in [2.24, 2.45) is 5.73 Å². The van der Waals surface area contributed by atoms with Gasteiger partial charge in [-0.15, -0.1) is 5.10 Å². The highest BCUT2D eigenvalue weighted by atomic mass is 79.9. The van der Waals surface area contributed by atoms with E-state index in [0.29, 0.717) is 12.5 Å². The average Bonchev–Trinajstić information content (AvgIpc) is 2.63. The van der Waals surface area contributed by atoms with Gasteiger partial charge >= 0.3 is 0 Å². The van der Waals surface area contributed by atoms with Gasteiger partial charge in [0, 0.05) is 26.3 Å². The lowest BCUT2D eigenvalue weighted by molar-refractivity contribution is 0.836. The Morgan fingerprint density at radius 1 is 1.60 bits per heavy atom. The summed E-state index contributed by atoms with van der Waals surface area (Å²) in [7, 11) is 1.93. The molecule has 2 aromatic heterocycles. The molecule has 6 heteroatoms. The molecule has 0 aliphatic heterocycles. The van der Waals surface area contributed by atoms with E-state index in [4.69, 9.17) is 5.73 Å². The number of fused-ring (bicyclic) bond motifs is 1. The number of hydrogen-bond acceptors (Lipinski definition) is 4. The highest BCUT2D eigenvalue weighted by Crippen LogP contribution is 2.17. The second-order valence-electron chi connectivity index (χ2n) is 3.25. The zero-order valence-electron chi connectivity index (χ0n) is 8.39. The van der Waals surface area contributed by atoms with E-state index in [9.17, 15) is 0 Å². The van der Waals surface area contributed by atoms with Crippen LogP contribution in [0.5, 0.6) is 0 Å². The van der Waals surface area contributed by atoms with Crippen molar-refractivity contribution in [3.63, 3.8) is 0 Å². The van der Waals surface area contributed by atoms with E-state index < -0.39 is 0 Å². The quantitative estimate of drug-likeness (QED) is 0.899. The standard InChI is InChI=1S/C9H12BrN5/c1-14(6-4-11)9-12-8-7(10)3-2-5-15(8)13-9/h2-3,5H,4,6,11H2,1H3. The van der Waals surface area contributed by atoms with Crippen LogP contribution in [0.4, 0.5) is 5.95 Å². The molecule has 0 unspecified atom stereocenters. The second kappa shape index (κ2) is 4.16. The van der Waals surface area contributed by atoms with E-state index in [1.807, 2.05) is 30.3 Å². The molecule has 2 rings (SSSR count). The molecule has 0 saturated heterocycles. The molecular formula is C9H12BrN5. The van der Waals surface area contributed by atoms with Gasteiger partial charge in [0.05, 0.1) is 4.47 Å². The third kappa shape index (κ3) is 1.95. The van der Waals surface area contributed by atoms with Gasteiger partial charge in [-0.05, 0) is 28.1 Å². The van der Waals surface area contributed by atoms with Gasteiger partial charge in [0.1, 0.15) is 0 Å². The van der Waals surface area contributed by atoms with E-state index in [2.05, 4.69) is 26.0 Å². The fourth-order valence-electron chi connectivity index (χ4n) is 1.32. The van der Waals surface area contributed by atoms with E-state index in [1.54, 1.807) is 4.52 Å². The van der Waals surface area contributed by atoms with Gasteiger partial charge in [-0.2, -0.15) is 4.98 Å². The number of anilines is 1. The van der Waals surface area contributed by atoms with Gasteiger partial charge in [-0.25, -0.2) is 4.52 Å². The summed E-state index contributed by atoms with van der Waals surface area (Å²) in [6.07, 6.45) is 1.87. The Labute approximate surface area is 96.0 Å². The van der Waals surface area contributed by atoms with Crippen molar-refractivity contribution in [1.82, 2.24) is 14.6 Å². The number of pyridine rings is 1. The predicted octanol–water partition coefficient (Wildman–Crippen LogP) is 0.887. The zero-order chi connectivity index (χ0) is 10.8. The maximum Gasteiger partial charge on any atom is 0.245 e. The number of nitrogens with zero attached hydrogens (tertiary/aromatic N) is 4. The first kappa shape index (κ1) is 10.4. The lowest BCUT2D eigenvalue weighted by Crippen LogP contribution is -2.25. The monoisotopic (exact) mass is 269 g/mol. The first-order chi connectivity index (χ1) is 7.22. The molecule has 0 fully saturated rings. The Kier molecular flexibility index (Phi) is 2.88. The molecule has 2 heterocycles. The summed E-state index contributed by atoms with van der Waals surface area (Å²) in [5.74, 6) is 0.687. The van der Waals surface area contributed by atoms with Crippen LogP contribution in [0.2, 0.25) is 0 Å². The summed E-state index contributed by atoms with van der Waals surface area (Å²) in [6.45, 7) is 1.34. The fourth-order valence-corrected chi connectivity index (χ4v) is 1.74. The van der Waals surface area contributed by atoms with Crippen molar-refractivity contribution in [2.45, 2.75) is 0 Å². The molecule has 0 saturated carbocycles. The fraction of sp³-hybridized carbons (Fsp3) is 0.333. The van der Waals surface area contributed by atoms with Gasteiger partial charge in [0.15, 0.2) is 5.65 Å². The van der Waals surface area contributed by atoms with Gasteiger partial charge in [0.2, 0.25) is 5.95 Å². The summed E-state index contributed by atoms with van der Waals surface area (Å²) < 4.78 is 2.68. The summed E-state index contributed by atoms with van der Waals surface area (Å²) in [6, 6.07) is 3.86. The minimum absolute atomic E-state index is 0.590. The SMILES string of the molecule is CN(CCN)c1nc2c(Br)cccn2n1. The van der Waals surface area contributed by atoms with E-state index in [1.165, 1.54) is 0 Å². The Morgan fingerprint density at radius 3 is 3.07 bits per heavy atom. The van der Waals surface area contributed by atoms with E-state index in [-0.39, 0.29) is 0 Å². The van der Waals surface area contributed by atoms with Gasteiger partial charge in [-0.1, -0.05) is 0 Å². The van der Waals surface area contributed by atoms with Gasteiger partial charge < -0.3 is 10.6 Å². The number of aromatic nitrogens is 3. The van der Waals surface area contributed by atoms with Crippen molar-refractivity contribution >= 4 is 27.5 Å². The summed E-state index contributed by atoms with van der Waals surface area (Å²) >= 11 is 3.43. The largest absolute Gasteiger partial charge is 0.341 e. The van der Waals surface area contributed by atoms with Crippen LogP contribution in [0, 0.1) is 0 Å². The summed E-state index contributed by atoms with van der Waals surface area (Å²) in [5, 5.41) is 4.34. The predicted molar refractivity (Wildman–Crippen MR) is 63.0 cm³/mol. The third-order valence-electron chi connectivity index (χ3n) is 2.11. The number of halogens is 1. The summed E-state index contributed by atoms with van der Waals surface area (Å²) in [5.41, 5.74) is 6.29. The van der Waals surface area contributed by atoms with Gasteiger partial charge in [0.25, 0.3) is 0 Å². The molecule has 5 nitrogen and oxygen atoms in total. The van der Waals surface area contributed by atoms with E-state index in [0.717, 1.165) is 16.7 Å². The number of rotatable bonds is 3. The number of likely N-dealkylation sites (N-methyl/N-ethyl adjacent to an activating group) is 1. The smallest absolute Gasteiger partial charge is 0.245 e. The molecule has 0 aromatic carbocycles. The third-order valence-corrected chi connectivity index (χ3v) is 2.73. The molecule has 0 bridgehead atoms. The lowest BCUT2D eigenvalue weighted by atomic mass is 10.5. The zero-order valence-corrected chi connectivity index (χ0v) is 9.98. The Hall–Kier alpha value is -1.14. The van der Waals surface area contributed by atoms with Crippen LogP contribution >= 0.6 is 15.9 Å². The highest BCUT2D eigenvalue weighted by molar-refractivity contribution is 9.10. The number of hydrogen-bond donors (Lipinski definition) is 1. The van der Waals surface area contributed by atoms with Crippen molar-refractivity contribution < 1.29 is 0 Å². The Bertz CT molecular complexity index is 466. The van der Waals surface area contributed by atoms with Crippen molar-refractivity contribution in [3.05, 3.63) is 22.8 Å². The van der Waals surface area contributed by atoms with Gasteiger partial charge in [-0.3, -0.25) is 0 Å². The second-order valence-corrected chi connectivity index (χ2v) is 4.10. The van der Waals surface area contributed by atoms with Crippen LogP contribution < -0.4 is 10.6 Å². The first-order valence-electron chi connectivity index (χ1n) is 4.64. The molecule has 0 atom stereocenters. The van der Waals surface area contributed by atoms with Crippen LogP contribution in [-0.4, -0.2) is 34.7 Å². The van der Waals surface area contributed by atoms with Crippen molar-refractivity contribution in [3.8, 4) is 0 Å². The highest BCUT2D eigenvalue weighted by Gasteiger charge is 2.09. The maximum absolute atomic E-state index is 5.48. The van der Waals surface area contributed by atoms with Crippen LogP contribution in [0.15, 0.2) is 22.8 Å². The Morgan fingerprint density at radius 2 is 2.40 bits per heavy atom. The molecule has 15 heavy (non-hydrogen) atoms. The molecule has 0 spiro atoms. The molecule has 0 amide bonds. The average molecular weight is 270 g/mol. The van der Waals surface area contributed by atoms with Crippen LogP contribution in [0.25, 0.3) is 5.65 Å². The molecule has 2 aromatic rings. The molecule has 2 N–H and O–H groups in total. The summed E-state index contributed by atoms with van der Waals surface area (Å²) in [4.78, 5) is 6.34. The van der Waals surface area contributed by atoms with Crippen molar-refractivity contribution in [2.75, 3.05) is 25.0 Å². The molecule has 0 aliphatic carbocycles. The van der Waals surface area contributed by atoms with Crippen LogP contribution in [-0.2, 0) is 0 Å². The normalized spacial score (nSPS) is 10.9. The molecule has 0 radical (unpaired) electrons. The number of nitrogens with two attached hydrogens (primary N) is 1. The molecule has 0 aliphatic rings. The van der Waals surface area contributed by atoms with E-state index >= 15 is 0 Å². The van der Waals surface area contributed by atoms with Crippen LogP contribution in [0.3, 0.4) is 0 Å². The van der Waals surface area contributed by atoms with Crippen molar-refractivity contribution in [1.29, 1.82) is 0 Å². The lowest BCUT2D eigenvalue weighted by Gasteiger charge is -2.11. The maximum atomic E-state index is 5.48. The Balaban J connectivity index is 2.43. The minimum Gasteiger partial charge on any atom is -0.341 e. The molecular weight excluding hydrogens is 258 g/mol. The van der Waals surface area contributed by atoms with Crippen LogP contribution in [0.1, 0.15) is 0 Å². The molecule has 80 valence electrons. The first-order valence-corrected chi connectivity index (χ1v) is 5.44. The minimum atomic E-state index is 0.590.